The summed E-state index contributed by atoms with van der Waals surface area (Å²) in [5.74, 6) is 0.622. The van der Waals surface area contributed by atoms with Gasteiger partial charge >= 0.3 is 0 Å². The maximum Gasteiger partial charge on any atom is 0.226 e. The van der Waals surface area contributed by atoms with Crippen LogP contribution in [0.5, 0.6) is 0 Å². The van der Waals surface area contributed by atoms with E-state index in [1.807, 2.05) is 0 Å². The number of nitrogen functional groups attached to an aromatic ring is 1. The normalized spacial score (nSPS) is 24.1. The Hall–Kier alpha value is -1.56. The second-order valence-electron chi connectivity index (χ2n) is 5.75. The Morgan fingerprint density at radius 1 is 1.25 bits per heavy atom. The van der Waals surface area contributed by atoms with Crippen LogP contribution in [0, 0.1) is 5.92 Å². The predicted octanol–water partition coefficient (Wildman–Crippen LogP) is 2.50. The molecule has 0 atom stereocenters. The number of nitrogens with one attached hydrogen (secondary N) is 1. The van der Waals surface area contributed by atoms with Crippen LogP contribution in [-0.4, -0.2) is 23.6 Å². The molecule has 0 spiro atoms. The summed E-state index contributed by atoms with van der Waals surface area (Å²) in [6.45, 7) is 2.17. The first-order valence-corrected chi connectivity index (χ1v) is 8.50. The van der Waals surface area contributed by atoms with Gasteiger partial charge in [0.05, 0.1) is 16.3 Å². The third kappa shape index (κ3) is 2.28. The van der Waals surface area contributed by atoms with E-state index in [9.17, 15) is 8.42 Å². The van der Waals surface area contributed by atoms with Crippen molar-refractivity contribution in [1.82, 2.24) is 9.97 Å². The maximum atomic E-state index is 12.6. The first-order valence-electron chi connectivity index (χ1n) is 6.96. The van der Waals surface area contributed by atoms with Crippen LogP contribution < -0.4 is 5.73 Å². The highest BCUT2D eigenvalue weighted by molar-refractivity contribution is 7.91. The van der Waals surface area contributed by atoms with Crippen LogP contribution in [-0.2, 0) is 9.84 Å². The number of benzene rings is 1. The second-order valence-corrected chi connectivity index (χ2v) is 7.89. The lowest BCUT2D eigenvalue weighted by atomic mass is 9.91. The Kier molecular flexibility index (Phi) is 3.20. The first-order chi connectivity index (χ1) is 9.46. The van der Waals surface area contributed by atoms with Crippen LogP contribution in [0.1, 0.15) is 32.6 Å². The molecule has 1 aliphatic rings. The molecule has 108 valence electrons. The average molecular weight is 293 g/mol. The molecule has 1 heterocycles. The van der Waals surface area contributed by atoms with E-state index in [1.54, 1.807) is 18.2 Å². The van der Waals surface area contributed by atoms with Crippen LogP contribution in [0.3, 0.4) is 0 Å². The molecule has 0 radical (unpaired) electrons. The van der Waals surface area contributed by atoms with Crippen molar-refractivity contribution in [3.05, 3.63) is 18.2 Å². The van der Waals surface area contributed by atoms with Gasteiger partial charge in [0.25, 0.3) is 0 Å². The summed E-state index contributed by atoms with van der Waals surface area (Å²) in [4.78, 5) is 7.13. The summed E-state index contributed by atoms with van der Waals surface area (Å²) >= 11 is 0. The molecule has 0 amide bonds. The number of hydrogen-bond acceptors (Lipinski definition) is 4. The number of aromatic nitrogens is 2. The van der Waals surface area contributed by atoms with Crippen molar-refractivity contribution in [3.63, 3.8) is 0 Å². The minimum atomic E-state index is -3.37. The molecular formula is C14H19N3O2S. The summed E-state index contributed by atoms with van der Waals surface area (Å²) < 4.78 is 25.2. The van der Waals surface area contributed by atoms with Crippen molar-refractivity contribution in [1.29, 1.82) is 0 Å². The van der Waals surface area contributed by atoms with Gasteiger partial charge in [0, 0.05) is 5.69 Å². The number of rotatable bonds is 2. The highest BCUT2D eigenvalue weighted by Crippen LogP contribution is 2.31. The van der Waals surface area contributed by atoms with Crippen molar-refractivity contribution < 1.29 is 8.42 Å². The molecule has 0 saturated heterocycles. The quantitative estimate of drug-likeness (QED) is 0.833. The fourth-order valence-electron chi connectivity index (χ4n) is 2.84. The third-order valence-electron chi connectivity index (χ3n) is 4.16. The molecule has 0 unspecified atom stereocenters. The number of aromatic amines is 1. The van der Waals surface area contributed by atoms with E-state index >= 15 is 0 Å². The van der Waals surface area contributed by atoms with E-state index in [0.29, 0.717) is 22.6 Å². The minimum absolute atomic E-state index is 0.0812. The van der Waals surface area contributed by atoms with Crippen LogP contribution >= 0.6 is 0 Å². The number of imidazole rings is 1. The maximum absolute atomic E-state index is 12.6. The van der Waals surface area contributed by atoms with Crippen molar-refractivity contribution in [2.45, 2.75) is 43.0 Å². The molecule has 3 N–H and O–H groups in total. The van der Waals surface area contributed by atoms with Gasteiger partial charge in [-0.2, -0.15) is 0 Å². The molecule has 0 bridgehead atoms. The summed E-state index contributed by atoms with van der Waals surface area (Å²) in [5.41, 5.74) is 7.61. The fourth-order valence-corrected chi connectivity index (χ4v) is 4.52. The highest BCUT2D eigenvalue weighted by Gasteiger charge is 2.33. The molecule has 2 aromatic rings. The van der Waals surface area contributed by atoms with E-state index in [4.69, 9.17) is 5.73 Å². The van der Waals surface area contributed by atoms with Crippen LogP contribution in [0.2, 0.25) is 0 Å². The van der Waals surface area contributed by atoms with E-state index in [0.717, 1.165) is 25.7 Å². The average Bonchev–Trinajstić information content (AvgIpc) is 2.83. The molecule has 1 fully saturated rings. The van der Waals surface area contributed by atoms with Crippen molar-refractivity contribution in [3.8, 4) is 0 Å². The molecule has 0 aliphatic heterocycles. The highest BCUT2D eigenvalue weighted by atomic mass is 32.2. The lowest BCUT2D eigenvalue weighted by molar-refractivity contribution is 0.381. The van der Waals surface area contributed by atoms with Crippen molar-refractivity contribution in [2.24, 2.45) is 5.92 Å². The summed E-state index contributed by atoms with van der Waals surface area (Å²) in [5, 5.41) is -0.228. The lowest BCUT2D eigenvalue weighted by Crippen LogP contribution is -2.27. The molecule has 5 nitrogen and oxygen atoms in total. The first kappa shape index (κ1) is 13.4. The van der Waals surface area contributed by atoms with Gasteiger partial charge in [-0.25, -0.2) is 13.4 Å². The van der Waals surface area contributed by atoms with Gasteiger partial charge in [0.2, 0.25) is 15.0 Å². The topological polar surface area (TPSA) is 88.8 Å². The van der Waals surface area contributed by atoms with E-state index < -0.39 is 9.84 Å². The molecule has 6 heteroatoms. The van der Waals surface area contributed by atoms with Gasteiger partial charge in [-0.1, -0.05) is 6.92 Å². The molecule has 1 aliphatic carbocycles. The number of fused-ring (bicyclic) bond motifs is 1. The van der Waals surface area contributed by atoms with Crippen LogP contribution in [0.15, 0.2) is 23.4 Å². The zero-order valence-electron chi connectivity index (χ0n) is 11.5. The van der Waals surface area contributed by atoms with E-state index in [-0.39, 0.29) is 10.4 Å². The summed E-state index contributed by atoms with van der Waals surface area (Å²) in [7, 11) is -3.37. The van der Waals surface area contributed by atoms with Crippen LogP contribution in [0.4, 0.5) is 5.69 Å². The van der Waals surface area contributed by atoms with Gasteiger partial charge in [-0.3, -0.25) is 0 Å². The number of H-pyrrole nitrogens is 1. The number of sulfone groups is 1. The molecule has 1 aromatic heterocycles. The Labute approximate surface area is 118 Å². The Bertz CT molecular complexity index is 728. The van der Waals surface area contributed by atoms with Gasteiger partial charge < -0.3 is 10.7 Å². The number of nitrogens with two attached hydrogens (primary N) is 1. The molecular weight excluding hydrogens is 274 g/mol. The minimum Gasteiger partial charge on any atom is -0.399 e. The number of nitrogens with zero attached hydrogens (tertiary/aromatic N) is 1. The smallest absolute Gasteiger partial charge is 0.226 e. The Morgan fingerprint density at radius 3 is 2.65 bits per heavy atom. The molecule has 3 rings (SSSR count). The predicted molar refractivity (Wildman–Crippen MR) is 79.1 cm³/mol. The Morgan fingerprint density at radius 2 is 1.95 bits per heavy atom. The van der Waals surface area contributed by atoms with Gasteiger partial charge in [-0.15, -0.1) is 0 Å². The molecule has 1 aromatic carbocycles. The number of anilines is 1. The number of hydrogen-bond donors (Lipinski definition) is 2. The summed E-state index contributed by atoms with van der Waals surface area (Å²) in [6.07, 6.45) is 3.39. The zero-order valence-corrected chi connectivity index (χ0v) is 12.3. The molecule has 20 heavy (non-hydrogen) atoms. The second kappa shape index (κ2) is 4.77. The van der Waals surface area contributed by atoms with Gasteiger partial charge in [0.1, 0.15) is 0 Å². The van der Waals surface area contributed by atoms with Gasteiger partial charge in [-0.05, 0) is 49.8 Å². The largest absolute Gasteiger partial charge is 0.399 e. The van der Waals surface area contributed by atoms with E-state index in [1.165, 1.54) is 0 Å². The zero-order chi connectivity index (χ0) is 14.3. The van der Waals surface area contributed by atoms with Crippen molar-refractivity contribution in [2.75, 3.05) is 5.73 Å². The SMILES string of the molecule is CC1CCC(S(=O)(=O)c2nc3ccc(N)cc3[nH]2)CC1. The Balaban J connectivity index is 1.96. The summed E-state index contributed by atoms with van der Waals surface area (Å²) in [6, 6.07) is 5.18. The fraction of sp³-hybridized carbons (Fsp3) is 0.500. The third-order valence-corrected chi connectivity index (χ3v) is 6.24. The van der Waals surface area contributed by atoms with E-state index in [2.05, 4.69) is 16.9 Å². The van der Waals surface area contributed by atoms with Gasteiger partial charge in [0.15, 0.2) is 0 Å². The standard InChI is InChI=1S/C14H19N3O2S/c1-9-2-5-11(6-3-9)20(18,19)14-16-12-7-4-10(15)8-13(12)17-14/h4,7-9,11H,2-3,5-6,15H2,1H3,(H,16,17). The monoisotopic (exact) mass is 293 g/mol. The molecule has 1 saturated carbocycles. The van der Waals surface area contributed by atoms with Crippen LogP contribution in [0.25, 0.3) is 11.0 Å². The lowest BCUT2D eigenvalue weighted by Gasteiger charge is -2.24. The van der Waals surface area contributed by atoms with Crippen molar-refractivity contribution >= 4 is 26.6 Å².